The summed E-state index contributed by atoms with van der Waals surface area (Å²) in [7, 11) is -4.21. The van der Waals surface area contributed by atoms with E-state index in [-0.39, 0.29) is 11.3 Å². The molecule has 0 unspecified atom stereocenters. The molecule has 0 radical (unpaired) electrons. The third-order valence-electron chi connectivity index (χ3n) is 1.93. The van der Waals surface area contributed by atoms with Crippen molar-refractivity contribution >= 4 is 21.7 Å². The van der Waals surface area contributed by atoms with Crippen molar-refractivity contribution in [3.8, 4) is 0 Å². The van der Waals surface area contributed by atoms with Crippen LogP contribution in [0.25, 0.3) is 5.57 Å². The molecule has 1 aromatic rings. The first kappa shape index (κ1) is 12.4. The molecular formula is C10H10O5S. The van der Waals surface area contributed by atoms with Crippen molar-refractivity contribution in [1.29, 1.82) is 0 Å². The van der Waals surface area contributed by atoms with E-state index in [1.54, 1.807) is 0 Å². The molecule has 0 aliphatic carbocycles. The summed E-state index contributed by atoms with van der Waals surface area (Å²) in [4.78, 5) is 10.2. The van der Waals surface area contributed by atoms with Crippen molar-refractivity contribution in [2.75, 3.05) is 0 Å². The monoisotopic (exact) mass is 242 g/mol. The van der Waals surface area contributed by atoms with Crippen LogP contribution in [0.2, 0.25) is 0 Å². The van der Waals surface area contributed by atoms with Gasteiger partial charge in [-0.3, -0.25) is 9.35 Å². The normalized spacial score (nSPS) is 11.1. The van der Waals surface area contributed by atoms with Gasteiger partial charge in [0, 0.05) is 0 Å². The molecule has 5 nitrogen and oxygen atoms in total. The van der Waals surface area contributed by atoms with Crippen LogP contribution in [0.1, 0.15) is 12.0 Å². The van der Waals surface area contributed by atoms with Crippen molar-refractivity contribution in [2.24, 2.45) is 0 Å². The van der Waals surface area contributed by atoms with E-state index in [0.29, 0.717) is 11.1 Å². The van der Waals surface area contributed by atoms with Crippen LogP contribution in [0.15, 0.2) is 35.7 Å². The third-order valence-corrected chi connectivity index (χ3v) is 2.79. The highest BCUT2D eigenvalue weighted by molar-refractivity contribution is 7.85. The minimum Gasteiger partial charge on any atom is -0.481 e. The predicted octanol–water partition coefficient (Wildman–Crippen LogP) is 1.42. The van der Waals surface area contributed by atoms with Gasteiger partial charge < -0.3 is 5.11 Å². The minimum absolute atomic E-state index is 0.217. The van der Waals surface area contributed by atoms with Crippen LogP contribution >= 0.6 is 0 Å². The van der Waals surface area contributed by atoms with Gasteiger partial charge in [0.25, 0.3) is 10.1 Å². The van der Waals surface area contributed by atoms with E-state index in [9.17, 15) is 13.2 Å². The molecule has 0 bridgehead atoms. The van der Waals surface area contributed by atoms with Crippen LogP contribution in [-0.2, 0) is 14.9 Å². The van der Waals surface area contributed by atoms with Crippen LogP contribution in [0.4, 0.5) is 0 Å². The van der Waals surface area contributed by atoms with Crippen molar-refractivity contribution in [3.63, 3.8) is 0 Å². The molecule has 6 heteroatoms. The van der Waals surface area contributed by atoms with Crippen LogP contribution in [0.5, 0.6) is 0 Å². The third kappa shape index (κ3) is 3.18. The first-order valence-corrected chi connectivity index (χ1v) is 5.72. The van der Waals surface area contributed by atoms with Crippen molar-refractivity contribution in [2.45, 2.75) is 11.3 Å². The number of carbonyl (C=O) groups is 1. The molecule has 0 aliphatic rings. The Kier molecular flexibility index (Phi) is 3.46. The molecule has 86 valence electrons. The lowest BCUT2D eigenvalue weighted by atomic mass is 10.1. The average molecular weight is 242 g/mol. The van der Waals surface area contributed by atoms with Crippen LogP contribution in [-0.4, -0.2) is 24.0 Å². The first-order chi connectivity index (χ1) is 7.30. The first-order valence-electron chi connectivity index (χ1n) is 4.28. The van der Waals surface area contributed by atoms with Gasteiger partial charge in [0.05, 0.1) is 11.3 Å². The summed E-state index contributed by atoms with van der Waals surface area (Å²) < 4.78 is 30.2. The lowest BCUT2D eigenvalue weighted by Crippen LogP contribution is -1.99. The van der Waals surface area contributed by atoms with Crippen molar-refractivity contribution < 1.29 is 22.9 Å². The zero-order chi connectivity index (χ0) is 12.3. The molecule has 1 aromatic carbocycles. The molecule has 0 saturated heterocycles. The Bertz CT molecular complexity index is 513. The summed E-state index contributed by atoms with van der Waals surface area (Å²) in [6.07, 6.45) is -0.217. The zero-order valence-electron chi connectivity index (χ0n) is 8.25. The molecule has 0 fully saturated rings. The summed E-state index contributed by atoms with van der Waals surface area (Å²) in [6.45, 7) is 3.56. The van der Waals surface area contributed by atoms with Gasteiger partial charge in [-0.25, -0.2) is 0 Å². The molecule has 2 N–H and O–H groups in total. The van der Waals surface area contributed by atoms with E-state index in [4.69, 9.17) is 9.66 Å². The molecule has 0 heterocycles. The summed E-state index contributed by atoms with van der Waals surface area (Å²) >= 11 is 0. The Hall–Kier alpha value is -1.66. The Morgan fingerprint density at radius 3 is 2.12 bits per heavy atom. The van der Waals surface area contributed by atoms with E-state index in [1.165, 1.54) is 24.3 Å². The molecule has 0 saturated carbocycles. The fourth-order valence-corrected chi connectivity index (χ4v) is 1.63. The second-order valence-electron chi connectivity index (χ2n) is 3.17. The topological polar surface area (TPSA) is 91.7 Å². The summed E-state index contributed by atoms with van der Waals surface area (Å²) in [5.74, 6) is -1.01. The van der Waals surface area contributed by atoms with Gasteiger partial charge in [0.15, 0.2) is 0 Å². The maximum absolute atomic E-state index is 10.7. The van der Waals surface area contributed by atoms with E-state index in [0.717, 1.165) is 0 Å². The molecule has 1 rings (SSSR count). The summed E-state index contributed by atoms with van der Waals surface area (Å²) in [5.41, 5.74) is 0.893. The van der Waals surface area contributed by atoms with Gasteiger partial charge in [0.2, 0.25) is 0 Å². The number of carboxylic acids is 1. The number of benzene rings is 1. The molecule has 0 atom stereocenters. The molecule has 0 spiro atoms. The SMILES string of the molecule is C=C(CC(=O)O)c1ccc(S(=O)(=O)O)cc1. The lowest BCUT2D eigenvalue weighted by Gasteiger charge is -2.03. The Morgan fingerprint density at radius 1 is 1.25 bits per heavy atom. The van der Waals surface area contributed by atoms with E-state index in [1.807, 2.05) is 0 Å². The van der Waals surface area contributed by atoms with Gasteiger partial charge in [0.1, 0.15) is 0 Å². The second-order valence-corrected chi connectivity index (χ2v) is 4.60. The summed E-state index contributed by atoms with van der Waals surface area (Å²) in [5, 5.41) is 8.53. The second kappa shape index (κ2) is 4.46. The van der Waals surface area contributed by atoms with Crippen LogP contribution < -0.4 is 0 Å². The number of aliphatic carboxylic acids is 1. The van der Waals surface area contributed by atoms with Gasteiger partial charge in [-0.05, 0) is 23.3 Å². The van der Waals surface area contributed by atoms with E-state index in [2.05, 4.69) is 6.58 Å². The average Bonchev–Trinajstić information content (AvgIpc) is 2.15. The zero-order valence-corrected chi connectivity index (χ0v) is 9.07. The molecular weight excluding hydrogens is 232 g/mol. The number of rotatable bonds is 4. The maximum Gasteiger partial charge on any atom is 0.307 e. The number of hydrogen-bond acceptors (Lipinski definition) is 3. The van der Waals surface area contributed by atoms with Crippen molar-refractivity contribution in [3.05, 3.63) is 36.4 Å². The van der Waals surface area contributed by atoms with E-state index < -0.39 is 16.1 Å². The number of hydrogen-bond donors (Lipinski definition) is 2. The van der Waals surface area contributed by atoms with E-state index >= 15 is 0 Å². The molecule has 0 amide bonds. The molecule has 0 aliphatic heterocycles. The molecule has 0 aromatic heterocycles. The summed E-state index contributed by atoms with van der Waals surface area (Å²) in [6, 6.07) is 5.18. The van der Waals surface area contributed by atoms with Gasteiger partial charge >= 0.3 is 5.97 Å². The smallest absolute Gasteiger partial charge is 0.307 e. The molecule has 16 heavy (non-hydrogen) atoms. The van der Waals surface area contributed by atoms with Crippen molar-refractivity contribution in [1.82, 2.24) is 0 Å². The van der Waals surface area contributed by atoms with Crippen LogP contribution in [0.3, 0.4) is 0 Å². The fraction of sp³-hybridized carbons (Fsp3) is 0.100. The highest BCUT2D eigenvalue weighted by Crippen LogP contribution is 2.18. The quantitative estimate of drug-likeness (QED) is 0.779. The Labute approximate surface area is 92.8 Å². The van der Waals surface area contributed by atoms with Crippen LogP contribution in [0, 0.1) is 0 Å². The maximum atomic E-state index is 10.7. The largest absolute Gasteiger partial charge is 0.481 e. The highest BCUT2D eigenvalue weighted by atomic mass is 32.2. The van der Waals surface area contributed by atoms with Gasteiger partial charge in [-0.1, -0.05) is 18.7 Å². The fourth-order valence-electron chi connectivity index (χ4n) is 1.15. The predicted molar refractivity (Wildman–Crippen MR) is 57.5 cm³/mol. The minimum atomic E-state index is -4.21. The lowest BCUT2D eigenvalue weighted by molar-refractivity contribution is -0.135. The van der Waals surface area contributed by atoms with Gasteiger partial charge in [-0.15, -0.1) is 0 Å². The Balaban J connectivity index is 2.96. The standard InChI is InChI=1S/C10H10O5S/c1-7(6-10(11)12)8-2-4-9(5-3-8)16(13,14)15/h2-5H,1,6H2,(H,11,12)(H,13,14,15). The van der Waals surface area contributed by atoms with Gasteiger partial charge in [-0.2, -0.15) is 8.42 Å². The number of carboxylic acid groups (broad SMARTS) is 1. The highest BCUT2D eigenvalue weighted by Gasteiger charge is 2.10. The Morgan fingerprint density at radius 2 is 1.75 bits per heavy atom.